The van der Waals surface area contributed by atoms with E-state index in [2.05, 4.69) is 9.71 Å². The van der Waals surface area contributed by atoms with Gasteiger partial charge in [-0.3, -0.25) is 19.5 Å². The van der Waals surface area contributed by atoms with Gasteiger partial charge in [0.2, 0.25) is 10.0 Å². The third-order valence-electron chi connectivity index (χ3n) is 3.66. The van der Waals surface area contributed by atoms with Crippen LogP contribution in [-0.2, 0) is 10.0 Å². The lowest BCUT2D eigenvalue weighted by Gasteiger charge is -2.14. The second-order valence-electron chi connectivity index (χ2n) is 5.38. The van der Waals surface area contributed by atoms with Gasteiger partial charge >= 0.3 is 0 Å². The van der Waals surface area contributed by atoms with E-state index >= 15 is 0 Å². The van der Waals surface area contributed by atoms with Gasteiger partial charge < -0.3 is 0 Å². The molecule has 1 aliphatic heterocycles. The summed E-state index contributed by atoms with van der Waals surface area (Å²) in [6, 6.07) is 9.59. The molecule has 2 amide bonds. The van der Waals surface area contributed by atoms with Crippen molar-refractivity contribution in [3.8, 4) is 0 Å². The number of aryl methyl sites for hydroxylation is 1. The Morgan fingerprint density at radius 1 is 1.12 bits per heavy atom. The summed E-state index contributed by atoms with van der Waals surface area (Å²) < 4.78 is 26.9. The Hall–Kier alpha value is -2.58. The molecule has 0 spiro atoms. The molecule has 0 atom stereocenters. The fourth-order valence-corrected chi connectivity index (χ4v) is 3.60. The van der Waals surface area contributed by atoms with Gasteiger partial charge in [-0.15, -0.1) is 0 Å². The maximum absolute atomic E-state index is 12.2. The lowest BCUT2D eigenvalue weighted by atomic mass is 10.2. The van der Waals surface area contributed by atoms with Crippen LogP contribution in [0.5, 0.6) is 0 Å². The number of imide groups is 1. The number of carbonyl (C=O) groups excluding carboxylic acids is 2. The molecule has 0 unspecified atom stereocenters. The third kappa shape index (κ3) is 2.93. The van der Waals surface area contributed by atoms with E-state index in [1.165, 1.54) is 18.3 Å². The molecule has 8 heteroatoms. The maximum atomic E-state index is 12.2. The molecule has 0 saturated carbocycles. The molecule has 0 saturated heterocycles. The van der Waals surface area contributed by atoms with Gasteiger partial charge in [-0.1, -0.05) is 12.1 Å². The molecule has 1 aromatic carbocycles. The van der Waals surface area contributed by atoms with Gasteiger partial charge in [0.1, 0.15) is 5.69 Å². The van der Waals surface area contributed by atoms with Crippen molar-refractivity contribution in [2.75, 3.05) is 13.1 Å². The van der Waals surface area contributed by atoms with E-state index < -0.39 is 21.8 Å². The minimum Gasteiger partial charge on any atom is -0.272 e. The lowest BCUT2D eigenvalue weighted by Crippen LogP contribution is -2.38. The van der Waals surface area contributed by atoms with Gasteiger partial charge in [0.25, 0.3) is 11.8 Å². The number of sulfonamides is 1. The van der Waals surface area contributed by atoms with E-state index in [-0.39, 0.29) is 29.2 Å². The van der Waals surface area contributed by atoms with Crippen LogP contribution in [0, 0.1) is 6.92 Å². The fraction of sp³-hybridized carbons (Fsp3) is 0.188. The highest BCUT2D eigenvalue weighted by atomic mass is 32.2. The van der Waals surface area contributed by atoms with Crippen LogP contribution in [-0.4, -0.2) is 43.2 Å². The van der Waals surface area contributed by atoms with Crippen LogP contribution >= 0.6 is 0 Å². The molecule has 24 heavy (non-hydrogen) atoms. The summed E-state index contributed by atoms with van der Waals surface area (Å²) in [7, 11) is -3.69. The Morgan fingerprint density at radius 3 is 2.62 bits per heavy atom. The quantitative estimate of drug-likeness (QED) is 0.815. The minimum absolute atomic E-state index is 0.0565. The average molecular weight is 345 g/mol. The second-order valence-corrected chi connectivity index (χ2v) is 7.14. The van der Waals surface area contributed by atoms with Crippen molar-refractivity contribution < 1.29 is 18.0 Å². The number of hydrogen-bond acceptors (Lipinski definition) is 5. The second kappa shape index (κ2) is 6.14. The molecule has 3 rings (SSSR count). The summed E-state index contributed by atoms with van der Waals surface area (Å²) in [6.07, 6.45) is 1.44. The Morgan fingerprint density at radius 2 is 1.92 bits per heavy atom. The molecule has 2 aromatic rings. The number of nitrogens with zero attached hydrogens (tertiary/aromatic N) is 2. The lowest BCUT2D eigenvalue weighted by molar-refractivity contribution is 0.0655. The van der Waals surface area contributed by atoms with Gasteiger partial charge in [0.15, 0.2) is 0 Å². The zero-order valence-corrected chi connectivity index (χ0v) is 13.7. The summed E-state index contributed by atoms with van der Waals surface area (Å²) >= 11 is 0. The van der Waals surface area contributed by atoms with Crippen molar-refractivity contribution in [1.82, 2.24) is 14.6 Å². The van der Waals surface area contributed by atoms with Crippen molar-refractivity contribution in [3.05, 3.63) is 59.4 Å². The Bertz CT molecular complexity index is 889. The molecule has 124 valence electrons. The summed E-state index contributed by atoms with van der Waals surface area (Å²) in [6.45, 7) is 1.67. The summed E-state index contributed by atoms with van der Waals surface area (Å²) in [5.74, 6) is -0.969. The zero-order valence-electron chi connectivity index (χ0n) is 12.9. The highest BCUT2D eigenvalue weighted by Gasteiger charge is 2.36. The monoisotopic (exact) mass is 345 g/mol. The smallest absolute Gasteiger partial charge is 0.272 e. The average Bonchev–Trinajstić information content (AvgIpc) is 2.80. The number of amides is 2. The van der Waals surface area contributed by atoms with E-state index in [1.807, 2.05) is 0 Å². The van der Waals surface area contributed by atoms with Gasteiger partial charge in [-0.2, -0.15) is 0 Å². The standard InChI is InChI=1S/C16H15N3O4S/c1-11-4-2-5-12(10-11)24(22,23)18-8-9-19-15(20)13-6-3-7-17-14(13)16(19)21/h2-7,10,18H,8-9H2,1H3. The Kier molecular flexibility index (Phi) is 4.16. The Labute approximate surface area is 139 Å². The largest absolute Gasteiger partial charge is 0.280 e. The first-order valence-electron chi connectivity index (χ1n) is 7.28. The van der Waals surface area contributed by atoms with Crippen molar-refractivity contribution in [2.24, 2.45) is 0 Å². The SMILES string of the molecule is Cc1cccc(S(=O)(=O)NCCN2C(=O)c3cccnc3C2=O)c1. The number of fused-ring (bicyclic) bond motifs is 1. The van der Waals surface area contributed by atoms with E-state index in [9.17, 15) is 18.0 Å². The van der Waals surface area contributed by atoms with Crippen LogP contribution in [0.3, 0.4) is 0 Å². The number of aromatic nitrogens is 1. The molecular formula is C16H15N3O4S. The van der Waals surface area contributed by atoms with Crippen LogP contribution in [0.4, 0.5) is 0 Å². The molecule has 1 aromatic heterocycles. The normalized spacial score (nSPS) is 14.1. The van der Waals surface area contributed by atoms with Gasteiger partial charge in [-0.05, 0) is 36.8 Å². The molecule has 1 aliphatic rings. The van der Waals surface area contributed by atoms with Crippen molar-refractivity contribution in [3.63, 3.8) is 0 Å². The van der Waals surface area contributed by atoms with Crippen molar-refractivity contribution in [2.45, 2.75) is 11.8 Å². The van der Waals surface area contributed by atoms with Crippen LogP contribution in [0.15, 0.2) is 47.5 Å². The number of carbonyl (C=O) groups is 2. The number of pyridine rings is 1. The maximum Gasteiger partial charge on any atom is 0.280 e. The van der Waals surface area contributed by atoms with Crippen LogP contribution in [0.2, 0.25) is 0 Å². The summed E-state index contributed by atoms with van der Waals surface area (Å²) in [4.78, 5) is 29.4. The third-order valence-corrected chi connectivity index (χ3v) is 5.12. The molecule has 2 heterocycles. The van der Waals surface area contributed by atoms with Gasteiger partial charge in [-0.25, -0.2) is 13.1 Å². The van der Waals surface area contributed by atoms with Gasteiger partial charge in [0, 0.05) is 19.3 Å². The molecule has 0 fully saturated rings. The Balaban J connectivity index is 1.67. The molecule has 0 aliphatic carbocycles. The van der Waals surface area contributed by atoms with E-state index in [1.54, 1.807) is 31.2 Å². The van der Waals surface area contributed by atoms with E-state index in [4.69, 9.17) is 0 Å². The van der Waals surface area contributed by atoms with Crippen molar-refractivity contribution >= 4 is 21.8 Å². The highest BCUT2D eigenvalue weighted by molar-refractivity contribution is 7.89. The first-order valence-corrected chi connectivity index (χ1v) is 8.76. The van der Waals surface area contributed by atoms with Crippen LogP contribution < -0.4 is 4.72 Å². The van der Waals surface area contributed by atoms with E-state index in [0.29, 0.717) is 0 Å². The predicted molar refractivity (Wildman–Crippen MR) is 86.0 cm³/mol. The number of nitrogens with one attached hydrogen (secondary N) is 1. The minimum atomic E-state index is -3.69. The summed E-state index contributed by atoms with van der Waals surface area (Å²) in [5, 5.41) is 0. The van der Waals surface area contributed by atoms with E-state index in [0.717, 1.165) is 10.5 Å². The van der Waals surface area contributed by atoms with Crippen LogP contribution in [0.25, 0.3) is 0 Å². The number of benzene rings is 1. The summed E-state index contributed by atoms with van der Waals surface area (Å²) in [5.41, 5.74) is 1.16. The zero-order chi connectivity index (χ0) is 17.3. The topological polar surface area (TPSA) is 96.4 Å². The number of hydrogen-bond donors (Lipinski definition) is 1. The van der Waals surface area contributed by atoms with Crippen LogP contribution in [0.1, 0.15) is 26.4 Å². The molecule has 7 nitrogen and oxygen atoms in total. The fourth-order valence-electron chi connectivity index (χ4n) is 2.47. The molecule has 1 N–H and O–H groups in total. The highest BCUT2D eigenvalue weighted by Crippen LogP contribution is 2.19. The molecular weight excluding hydrogens is 330 g/mol. The van der Waals surface area contributed by atoms with Crippen molar-refractivity contribution in [1.29, 1.82) is 0 Å². The molecule has 0 radical (unpaired) electrons. The predicted octanol–water partition coefficient (Wildman–Crippen LogP) is 0.965. The first kappa shape index (κ1) is 16.3. The molecule has 0 bridgehead atoms. The first-order chi connectivity index (χ1) is 11.4. The number of rotatable bonds is 5. The van der Waals surface area contributed by atoms with Gasteiger partial charge in [0.05, 0.1) is 10.5 Å².